The second-order valence-corrected chi connectivity index (χ2v) is 21.3. The summed E-state index contributed by atoms with van der Waals surface area (Å²) in [5.74, 6) is -0.409. The van der Waals surface area contributed by atoms with Gasteiger partial charge in [0, 0.05) is 54.6 Å². The Morgan fingerprint density at radius 1 is 0.373 bits per heavy atom. The quantitative estimate of drug-likeness (QED) is 0.0168. The van der Waals surface area contributed by atoms with E-state index < -0.39 is 29.8 Å². The van der Waals surface area contributed by atoms with E-state index in [9.17, 15) is 24.0 Å². The first kappa shape index (κ1) is 66.2. The molecular weight excluding hydrogens is 1050 g/mol. The largest absolute Gasteiger partial charge is 0.489 e. The first-order chi connectivity index (χ1) is 40.0. The van der Waals surface area contributed by atoms with Gasteiger partial charge in [-0.15, -0.1) is 0 Å². The fourth-order valence-corrected chi connectivity index (χ4v) is 9.76. The van der Waals surface area contributed by atoms with Crippen LogP contribution in [0.5, 0.6) is 23.0 Å². The number of rotatable bonds is 33. The molecular formula is C69H88O14. The average molecular weight is 1140 g/mol. The molecule has 0 radical (unpaired) electrons. The number of hydrogen-bond donors (Lipinski definition) is 0. The van der Waals surface area contributed by atoms with Crippen LogP contribution in [-0.2, 0) is 99.0 Å². The Labute approximate surface area is 492 Å². The van der Waals surface area contributed by atoms with Gasteiger partial charge in [-0.05, 0) is 139 Å². The Morgan fingerprint density at radius 3 is 0.819 bits per heavy atom. The van der Waals surface area contributed by atoms with E-state index in [-0.39, 0.29) is 69.6 Å². The van der Waals surface area contributed by atoms with Gasteiger partial charge < -0.3 is 42.6 Å². The van der Waals surface area contributed by atoms with Crippen LogP contribution in [0.2, 0.25) is 0 Å². The second kappa shape index (κ2) is 34.7. The van der Waals surface area contributed by atoms with E-state index in [1.807, 2.05) is 0 Å². The summed E-state index contributed by atoms with van der Waals surface area (Å²) >= 11 is 0. The third-order valence-electron chi connectivity index (χ3n) is 13.9. The molecule has 14 nitrogen and oxygen atoms in total. The average Bonchev–Trinajstić information content (AvgIpc) is 3.56. The van der Waals surface area contributed by atoms with Gasteiger partial charge in [0.05, 0.1) is 7.11 Å². The zero-order chi connectivity index (χ0) is 60.3. The van der Waals surface area contributed by atoms with Gasteiger partial charge >= 0.3 is 29.8 Å². The fourth-order valence-electron chi connectivity index (χ4n) is 9.76. The number of fused-ring (bicyclic) bond motifs is 8. The van der Waals surface area contributed by atoms with Gasteiger partial charge in [-0.3, -0.25) is 0 Å². The molecule has 0 heterocycles. The van der Waals surface area contributed by atoms with Crippen molar-refractivity contribution in [2.45, 2.75) is 151 Å². The molecule has 8 bridgehead atoms. The van der Waals surface area contributed by atoms with Crippen molar-refractivity contribution in [3.05, 3.63) is 164 Å². The molecule has 0 fully saturated rings. The van der Waals surface area contributed by atoms with Gasteiger partial charge in [-0.2, -0.15) is 0 Å². The van der Waals surface area contributed by atoms with Gasteiger partial charge in [0.25, 0.3) is 0 Å². The Morgan fingerprint density at radius 2 is 0.602 bits per heavy atom. The highest BCUT2D eigenvalue weighted by Gasteiger charge is 2.26. The molecule has 1 aliphatic rings. The maximum atomic E-state index is 12.8. The number of methoxy groups -OCH3 is 1. The summed E-state index contributed by atoms with van der Waals surface area (Å²) in [6.07, 6.45) is 14.4. The summed E-state index contributed by atoms with van der Waals surface area (Å²) in [4.78, 5) is 62.7. The monoisotopic (exact) mass is 1140 g/mol. The summed E-state index contributed by atoms with van der Waals surface area (Å²) in [5, 5.41) is 0. The predicted molar refractivity (Wildman–Crippen MR) is 323 cm³/mol. The van der Waals surface area contributed by atoms with Crippen molar-refractivity contribution in [2.24, 2.45) is 0 Å². The molecule has 448 valence electrons. The van der Waals surface area contributed by atoms with E-state index in [0.717, 1.165) is 156 Å². The van der Waals surface area contributed by atoms with Gasteiger partial charge in [0.15, 0.2) is 0 Å². The zero-order valence-corrected chi connectivity index (χ0v) is 50.6. The molecule has 0 saturated heterocycles. The summed E-state index contributed by atoms with van der Waals surface area (Å²) in [7, 11) is 1.23. The first-order valence-corrected chi connectivity index (χ1v) is 29.5. The number of carbonyl (C=O) groups is 5. The van der Waals surface area contributed by atoms with Crippen LogP contribution in [0.25, 0.3) is 0 Å². The lowest BCUT2D eigenvalue weighted by Gasteiger charge is -2.25. The summed E-state index contributed by atoms with van der Waals surface area (Å²) in [6, 6.07) is 17.7. The Kier molecular flexibility index (Phi) is 27.7. The number of ether oxygens (including phenoxy) is 9. The summed E-state index contributed by atoms with van der Waals surface area (Å²) < 4.78 is 54.6. The second-order valence-electron chi connectivity index (χ2n) is 21.3. The van der Waals surface area contributed by atoms with Crippen LogP contribution in [0.1, 0.15) is 167 Å². The normalized spacial score (nSPS) is 11.8. The van der Waals surface area contributed by atoms with Crippen LogP contribution in [0.15, 0.2) is 97.1 Å². The molecule has 0 aromatic heterocycles. The topological polar surface area (TPSA) is 168 Å². The van der Waals surface area contributed by atoms with Gasteiger partial charge in [0.1, 0.15) is 75.9 Å². The highest BCUT2D eigenvalue weighted by Crippen LogP contribution is 2.42. The molecule has 0 amide bonds. The van der Waals surface area contributed by atoms with Gasteiger partial charge in [-0.25, -0.2) is 24.0 Å². The Bertz CT molecular complexity index is 2800. The van der Waals surface area contributed by atoms with E-state index in [2.05, 4.69) is 101 Å². The van der Waals surface area contributed by atoms with Crippen LogP contribution < -0.4 is 18.9 Å². The molecule has 0 saturated carbocycles. The van der Waals surface area contributed by atoms with Crippen LogP contribution >= 0.6 is 0 Å². The van der Waals surface area contributed by atoms with Crippen LogP contribution in [0.3, 0.4) is 0 Å². The Hall–Kier alpha value is -7.61. The van der Waals surface area contributed by atoms with Crippen molar-refractivity contribution in [3.63, 3.8) is 0 Å². The van der Waals surface area contributed by atoms with Crippen molar-refractivity contribution in [2.75, 3.05) is 60.0 Å². The third kappa shape index (κ3) is 21.3. The van der Waals surface area contributed by atoms with Crippen LogP contribution in [0, 0.1) is 0 Å². The van der Waals surface area contributed by atoms with Crippen molar-refractivity contribution >= 4 is 29.8 Å². The molecule has 14 heteroatoms. The standard InChI is InChI=1S/C69H88O14/c1-12-16-20-49-34-53-42-55-36-50(21-17-13-2)38-57(64(55)78-28-31-81-67(72)46(5)6)44-59-40-52(23-19-15-4)41-60(66(59)80-30-33-83-69(74)48(9)10)45-58-39-51(22-18-14-3)37-56(65(58)79-29-32-82-68(73)47(7)8)43-54(35-49)63(53)77-27-26-76-62(71)25-24-61(70)75-11/h24-25,34-41H,5,7,9,12-23,26-33,42-45H2,1-4,6,8,10-11H3/b25-24-. The zero-order valence-electron chi connectivity index (χ0n) is 50.6. The van der Waals surface area contributed by atoms with Gasteiger partial charge in [0.2, 0.25) is 0 Å². The maximum absolute atomic E-state index is 12.8. The summed E-state index contributed by atoms with van der Waals surface area (Å²) in [6.45, 7) is 24.8. The number of aryl methyl sites for hydroxylation is 4. The lowest BCUT2D eigenvalue weighted by Crippen LogP contribution is -2.17. The molecule has 4 aromatic carbocycles. The molecule has 83 heavy (non-hydrogen) atoms. The number of carbonyl (C=O) groups excluding carboxylic acids is 5. The van der Waals surface area contributed by atoms with Crippen molar-refractivity contribution in [3.8, 4) is 23.0 Å². The maximum Gasteiger partial charge on any atom is 0.333 e. The molecule has 0 spiro atoms. The number of hydrogen-bond acceptors (Lipinski definition) is 14. The third-order valence-corrected chi connectivity index (χ3v) is 13.9. The molecule has 0 atom stereocenters. The van der Waals surface area contributed by atoms with Crippen molar-refractivity contribution in [1.82, 2.24) is 0 Å². The molecule has 0 aliphatic heterocycles. The van der Waals surface area contributed by atoms with Crippen LogP contribution in [-0.4, -0.2) is 89.8 Å². The van der Waals surface area contributed by atoms with E-state index in [0.29, 0.717) is 48.7 Å². The molecule has 0 N–H and O–H groups in total. The molecule has 4 aromatic rings. The smallest absolute Gasteiger partial charge is 0.333 e. The molecule has 1 aliphatic carbocycles. The van der Waals surface area contributed by atoms with E-state index in [1.165, 1.54) is 7.11 Å². The van der Waals surface area contributed by atoms with Crippen molar-refractivity contribution in [1.29, 1.82) is 0 Å². The minimum Gasteiger partial charge on any atom is -0.489 e. The van der Waals surface area contributed by atoms with Crippen LogP contribution in [0.4, 0.5) is 0 Å². The van der Waals surface area contributed by atoms with E-state index >= 15 is 0 Å². The fraction of sp³-hybridized carbons (Fsp3) is 0.464. The van der Waals surface area contributed by atoms with Crippen molar-refractivity contribution < 1.29 is 66.6 Å². The highest BCUT2D eigenvalue weighted by atomic mass is 16.6. The minimum absolute atomic E-state index is 0.0126. The number of benzene rings is 4. The lowest BCUT2D eigenvalue weighted by atomic mass is 9.87. The molecule has 0 unspecified atom stereocenters. The predicted octanol–water partition coefficient (Wildman–Crippen LogP) is 12.9. The lowest BCUT2D eigenvalue weighted by molar-refractivity contribution is -0.140. The molecule has 5 rings (SSSR count). The van der Waals surface area contributed by atoms with E-state index in [1.54, 1.807) is 20.8 Å². The highest BCUT2D eigenvalue weighted by molar-refractivity contribution is 5.91. The number of unbranched alkanes of at least 4 members (excludes halogenated alkanes) is 4. The SMILES string of the molecule is C=C(C)C(=O)OCCOc1c2cc(CCCC)cc1Cc1cc(CCCC)cc(c1OCCOC(=O)C(=C)C)Cc1cc(CCCC)cc(c1OCCOC(=O)C(=C)C)Cc1cc(CCCC)cc(c1OCCOC(=O)/C=C\C(=O)OC)C2. The number of esters is 5. The van der Waals surface area contributed by atoms with E-state index in [4.69, 9.17) is 37.9 Å². The Balaban J connectivity index is 1.89. The summed E-state index contributed by atoms with van der Waals surface area (Å²) in [5.41, 5.74) is 12.5. The first-order valence-electron chi connectivity index (χ1n) is 29.5. The minimum atomic E-state index is -0.725. The van der Waals surface area contributed by atoms with Gasteiger partial charge in [-0.1, -0.05) is 122 Å².